The van der Waals surface area contributed by atoms with Gasteiger partial charge in [0.25, 0.3) is 0 Å². The molecule has 3 rings (SSSR count). The maximum absolute atomic E-state index is 12.1. The van der Waals surface area contributed by atoms with E-state index in [1.165, 1.54) is 12.7 Å². The Kier molecular flexibility index (Phi) is 7.14. The molecule has 0 aromatic carbocycles. The average molecular weight is 430 g/mol. The third-order valence-corrected chi connectivity index (χ3v) is 4.85. The molecule has 1 aliphatic rings. The zero-order valence-corrected chi connectivity index (χ0v) is 18.6. The quantitative estimate of drug-likeness (QED) is 0.651. The van der Waals surface area contributed by atoms with Crippen LogP contribution in [-0.2, 0) is 40.1 Å². The van der Waals surface area contributed by atoms with Crippen molar-refractivity contribution in [2.45, 2.75) is 64.6 Å². The second-order valence-electron chi connectivity index (χ2n) is 8.63. The number of rotatable bonds is 7. The highest BCUT2D eigenvalue weighted by molar-refractivity contribution is 5.81. The Morgan fingerprint density at radius 2 is 2.13 bits per heavy atom. The largest absolute Gasteiger partial charge is 0.467 e. The summed E-state index contributed by atoms with van der Waals surface area (Å²) < 4.78 is 11.9. The molecule has 0 fully saturated rings. The molecule has 1 unspecified atom stereocenters. The lowest BCUT2D eigenvalue weighted by molar-refractivity contribution is -0.143. The number of pyridine rings is 1. The summed E-state index contributed by atoms with van der Waals surface area (Å²) in [6, 6.07) is 3.35. The van der Waals surface area contributed by atoms with Crippen molar-refractivity contribution >= 4 is 17.9 Å². The summed E-state index contributed by atoms with van der Waals surface area (Å²) in [4.78, 5) is 28.9. The molecule has 1 amide bonds. The molecule has 0 radical (unpaired) electrons. The van der Waals surface area contributed by atoms with E-state index in [9.17, 15) is 9.59 Å². The van der Waals surface area contributed by atoms with Crippen molar-refractivity contribution in [2.75, 3.05) is 19.0 Å². The number of nitrogens with one attached hydrogen (secondary N) is 2. The fourth-order valence-electron chi connectivity index (χ4n) is 3.39. The molecule has 2 aromatic heterocycles. The third kappa shape index (κ3) is 6.70. The molecule has 2 aromatic rings. The second-order valence-corrected chi connectivity index (χ2v) is 8.63. The first-order chi connectivity index (χ1) is 14.7. The Hall–Kier alpha value is -3.10. The highest BCUT2D eigenvalue weighted by atomic mass is 16.6. The Morgan fingerprint density at radius 3 is 2.87 bits per heavy atom. The van der Waals surface area contributed by atoms with Crippen LogP contribution < -0.4 is 10.6 Å². The molecular weight excluding hydrogens is 398 g/mol. The maximum atomic E-state index is 12.1. The highest BCUT2D eigenvalue weighted by Crippen LogP contribution is 2.20. The van der Waals surface area contributed by atoms with Gasteiger partial charge in [-0.2, -0.15) is 5.10 Å². The summed E-state index contributed by atoms with van der Waals surface area (Å²) in [5, 5.41) is 10.3. The summed E-state index contributed by atoms with van der Waals surface area (Å²) in [7, 11) is 1.29. The highest BCUT2D eigenvalue weighted by Gasteiger charge is 2.25. The number of anilines is 1. The molecule has 9 heteroatoms. The van der Waals surface area contributed by atoms with Gasteiger partial charge in [-0.1, -0.05) is 6.07 Å². The standard InChI is InChI=1S/C22H31N5O4/c1-22(2,3)31-21(29)26-18(20(28)30-4)12-15-13-24-27(14-15)11-9-17-8-7-16-6-5-10-23-19(16)25-17/h7-8,13-14,18H,5-6,9-12H2,1-4H3,(H,23,25)(H,26,29). The normalized spacial score (nSPS) is 14.2. The van der Waals surface area contributed by atoms with E-state index in [2.05, 4.69) is 27.9 Å². The van der Waals surface area contributed by atoms with Gasteiger partial charge < -0.3 is 20.1 Å². The Labute approximate surface area is 182 Å². The number of esters is 1. The van der Waals surface area contributed by atoms with E-state index in [1.807, 2.05) is 10.9 Å². The van der Waals surface area contributed by atoms with Crippen LogP contribution in [0.5, 0.6) is 0 Å². The molecular formula is C22H31N5O4. The molecule has 3 heterocycles. The van der Waals surface area contributed by atoms with Gasteiger partial charge in [-0.25, -0.2) is 14.6 Å². The summed E-state index contributed by atoms with van der Waals surface area (Å²) >= 11 is 0. The lowest BCUT2D eigenvalue weighted by Gasteiger charge is -2.22. The molecule has 1 atom stereocenters. The minimum atomic E-state index is -0.856. The van der Waals surface area contributed by atoms with Crippen LogP contribution in [0.25, 0.3) is 0 Å². The molecule has 2 N–H and O–H groups in total. The van der Waals surface area contributed by atoms with Crippen LogP contribution in [-0.4, -0.2) is 52.1 Å². The molecule has 9 nitrogen and oxygen atoms in total. The van der Waals surface area contributed by atoms with Crippen molar-refractivity contribution in [1.82, 2.24) is 20.1 Å². The number of ether oxygens (including phenoxy) is 2. The van der Waals surface area contributed by atoms with Crippen molar-refractivity contribution in [1.29, 1.82) is 0 Å². The number of fused-ring (bicyclic) bond motifs is 1. The molecule has 1 aliphatic heterocycles. The number of carbonyl (C=O) groups excluding carboxylic acids is 2. The number of methoxy groups -OCH3 is 1. The van der Waals surface area contributed by atoms with E-state index < -0.39 is 23.7 Å². The van der Waals surface area contributed by atoms with E-state index in [0.29, 0.717) is 6.54 Å². The molecule has 0 spiro atoms. The van der Waals surface area contributed by atoms with Gasteiger partial charge in [0.15, 0.2) is 0 Å². The lowest BCUT2D eigenvalue weighted by atomic mass is 10.1. The van der Waals surface area contributed by atoms with Gasteiger partial charge >= 0.3 is 12.1 Å². The van der Waals surface area contributed by atoms with Crippen LogP contribution in [0, 0.1) is 0 Å². The summed E-state index contributed by atoms with van der Waals surface area (Å²) in [5.74, 6) is 0.448. The summed E-state index contributed by atoms with van der Waals surface area (Å²) in [5.41, 5.74) is 2.43. The zero-order valence-electron chi connectivity index (χ0n) is 18.6. The van der Waals surface area contributed by atoms with Gasteiger partial charge in [0.05, 0.1) is 13.3 Å². The zero-order chi connectivity index (χ0) is 22.4. The fraction of sp³-hybridized carbons (Fsp3) is 0.545. The van der Waals surface area contributed by atoms with E-state index >= 15 is 0 Å². The number of amides is 1. The van der Waals surface area contributed by atoms with Gasteiger partial charge in [-0.15, -0.1) is 0 Å². The van der Waals surface area contributed by atoms with Gasteiger partial charge in [-0.3, -0.25) is 4.68 Å². The number of alkyl carbamates (subject to hydrolysis) is 1. The van der Waals surface area contributed by atoms with Gasteiger partial charge in [0.2, 0.25) is 0 Å². The van der Waals surface area contributed by atoms with Crippen LogP contribution in [0.4, 0.5) is 10.6 Å². The monoisotopic (exact) mass is 429 g/mol. The fourth-order valence-corrected chi connectivity index (χ4v) is 3.39. The molecule has 168 valence electrons. The van der Waals surface area contributed by atoms with Gasteiger partial charge in [-0.05, 0) is 50.8 Å². The predicted molar refractivity (Wildman–Crippen MR) is 116 cm³/mol. The first-order valence-corrected chi connectivity index (χ1v) is 10.5. The van der Waals surface area contributed by atoms with Crippen LogP contribution in [0.3, 0.4) is 0 Å². The average Bonchev–Trinajstić information content (AvgIpc) is 3.17. The van der Waals surface area contributed by atoms with Crippen molar-refractivity contribution in [3.05, 3.63) is 41.3 Å². The summed E-state index contributed by atoms with van der Waals surface area (Å²) in [6.07, 6.45) is 6.09. The molecule has 0 saturated heterocycles. The molecule has 0 saturated carbocycles. The minimum Gasteiger partial charge on any atom is -0.467 e. The Morgan fingerprint density at radius 1 is 1.32 bits per heavy atom. The number of aromatic nitrogens is 3. The lowest BCUT2D eigenvalue weighted by Crippen LogP contribution is -2.45. The van der Waals surface area contributed by atoms with Gasteiger partial charge in [0, 0.05) is 37.8 Å². The first-order valence-electron chi connectivity index (χ1n) is 10.5. The van der Waals surface area contributed by atoms with Crippen molar-refractivity contribution < 1.29 is 19.1 Å². The number of hydrogen-bond donors (Lipinski definition) is 2. The maximum Gasteiger partial charge on any atom is 0.408 e. The smallest absolute Gasteiger partial charge is 0.408 e. The number of carbonyl (C=O) groups is 2. The van der Waals surface area contributed by atoms with Crippen LogP contribution in [0.1, 0.15) is 44.0 Å². The summed E-state index contributed by atoms with van der Waals surface area (Å²) in [6.45, 7) is 6.91. The first kappa shape index (κ1) is 22.6. The van der Waals surface area contributed by atoms with E-state index in [1.54, 1.807) is 27.0 Å². The van der Waals surface area contributed by atoms with Crippen LogP contribution in [0.15, 0.2) is 24.5 Å². The van der Waals surface area contributed by atoms with Crippen LogP contribution in [0.2, 0.25) is 0 Å². The van der Waals surface area contributed by atoms with Crippen molar-refractivity contribution in [2.24, 2.45) is 0 Å². The molecule has 0 bridgehead atoms. The van der Waals surface area contributed by atoms with E-state index in [-0.39, 0.29) is 6.42 Å². The van der Waals surface area contributed by atoms with Crippen molar-refractivity contribution in [3.8, 4) is 0 Å². The van der Waals surface area contributed by atoms with E-state index in [0.717, 1.165) is 42.9 Å². The topological polar surface area (TPSA) is 107 Å². The number of hydrogen-bond acceptors (Lipinski definition) is 7. The van der Waals surface area contributed by atoms with Gasteiger partial charge in [0.1, 0.15) is 17.5 Å². The third-order valence-electron chi connectivity index (χ3n) is 4.85. The van der Waals surface area contributed by atoms with Crippen molar-refractivity contribution in [3.63, 3.8) is 0 Å². The van der Waals surface area contributed by atoms with E-state index in [4.69, 9.17) is 14.5 Å². The number of nitrogens with zero attached hydrogens (tertiary/aromatic N) is 3. The Bertz CT molecular complexity index is 919. The SMILES string of the molecule is COC(=O)C(Cc1cnn(CCc2ccc3c(n2)NCCC3)c1)NC(=O)OC(C)(C)C. The van der Waals surface area contributed by atoms with Crippen LogP contribution >= 0.6 is 0 Å². The Balaban J connectivity index is 1.58. The molecule has 0 aliphatic carbocycles. The second kappa shape index (κ2) is 9.80. The predicted octanol–water partition coefficient (Wildman–Crippen LogP) is 2.49. The minimum absolute atomic E-state index is 0.257. The number of aryl methyl sites for hydroxylation is 3. The molecule has 31 heavy (non-hydrogen) atoms.